The van der Waals surface area contributed by atoms with Crippen LogP contribution in [0.4, 0.5) is 0 Å². The first-order valence-electron chi connectivity index (χ1n) is 2.65. The molecule has 5 nitrogen and oxygen atoms in total. The number of hydrogen-bond acceptors (Lipinski definition) is 3. The third-order valence-corrected chi connectivity index (χ3v) is 0.354. The summed E-state index contributed by atoms with van der Waals surface area (Å²) in [5.41, 5.74) is 0. The van der Waals surface area contributed by atoms with Crippen molar-refractivity contribution in [3.05, 3.63) is 13.2 Å². The summed E-state index contributed by atoms with van der Waals surface area (Å²) in [5.74, 6) is 0. The summed E-state index contributed by atoms with van der Waals surface area (Å²) in [5, 5.41) is 0. The molecule has 0 radical (unpaired) electrons. The Morgan fingerprint density at radius 3 is 1.09 bits per heavy atom. The molecule has 6 heteroatoms. The van der Waals surface area contributed by atoms with E-state index in [4.69, 9.17) is 14.4 Å². The van der Waals surface area contributed by atoms with E-state index in [2.05, 4.69) is 13.2 Å². The Morgan fingerprint density at radius 2 is 1.09 bits per heavy atom. The minimum Gasteiger partial charge on any atom is -0.344 e. The maximum atomic E-state index is 8.74. The third kappa shape index (κ3) is 912. The summed E-state index contributed by atoms with van der Waals surface area (Å²) in [4.78, 5) is 14.3. The van der Waals surface area contributed by atoms with E-state index in [1.807, 2.05) is 0 Å². The van der Waals surface area contributed by atoms with E-state index < -0.39 is 8.25 Å². The molecule has 1 aliphatic rings. The van der Waals surface area contributed by atoms with Crippen LogP contribution < -0.4 is 12.3 Å². The molecule has 0 atom stereocenters. The van der Waals surface area contributed by atoms with Crippen molar-refractivity contribution in [2.24, 2.45) is 0 Å². The van der Waals surface area contributed by atoms with Crippen molar-refractivity contribution in [1.82, 2.24) is 12.3 Å². The van der Waals surface area contributed by atoms with Crippen molar-refractivity contribution in [1.29, 1.82) is 0 Å². The predicted molar refractivity (Wildman–Crippen MR) is 48.6 cm³/mol. The molecule has 0 aliphatic heterocycles. The summed E-state index contributed by atoms with van der Waals surface area (Å²) in [6, 6.07) is 0. The Balaban J connectivity index is -0.0000000320. The van der Waals surface area contributed by atoms with Crippen molar-refractivity contribution in [2.45, 2.75) is 19.3 Å². The first kappa shape index (κ1) is 22.4. The van der Waals surface area contributed by atoms with E-state index >= 15 is 0 Å². The quantitative estimate of drug-likeness (QED) is 0.338. The van der Waals surface area contributed by atoms with Gasteiger partial charge in [0.25, 0.3) is 0 Å². The van der Waals surface area contributed by atoms with Crippen molar-refractivity contribution >= 4 is 8.25 Å². The molecule has 1 rings (SSSR count). The molecule has 1 saturated carbocycles. The molecule has 8 N–H and O–H groups in total. The van der Waals surface area contributed by atoms with Gasteiger partial charge >= 0.3 is 8.25 Å². The fourth-order valence-corrected chi connectivity index (χ4v) is 0. The summed E-state index contributed by atoms with van der Waals surface area (Å²) in [6.45, 7) is 6.00. The molecular formula is C5H19N2O3P. The SMILES string of the molecule is C1CC1.C=C.N.N.O=[PH](O)O. The Morgan fingerprint density at radius 1 is 1.00 bits per heavy atom. The molecule has 0 aromatic rings. The predicted octanol–water partition coefficient (Wildman–Crippen LogP) is 1.66. The highest BCUT2D eigenvalue weighted by molar-refractivity contribution is 7.30. The highest BCUT2D eigenvalue weighted by Crippen LogP contribution is 2.14. The van der Waals surface area contributed by atoms with Crippen molar-refractivity contribution in [2.75, 3.05) is 0 Å². The van der Waals surface area contributed by atoms with Crippen molar-refractivity contribution in [3.8, 4) is 0 Å². The van der Waals surface area contributed by atoms with E-state index in [-0.39, 0.29) is 12.3 Å². The number of hydrogen-bond donors (Lipinski definition) is 4. The van der Waals surface area contributed by atoms with Crippen LogP contribution in [0.5, 0.6) is 0 Å². The molecule has 0 saturated heterocycles. The summed E-state index contributed by atoms with van der Waals surface area (Å²) in [6.07, 6.45) is 4.50. The Kier molecular flexibility index (Phi) is 46.0. The monoisotopic (exact) mass is 186 g/mol. The van der Waals surface area contributed by atoms with Crippen LogP contribution in [0.3, 0.4) is 0 Å². The van der Waals surface area contributed by atoms with Crippen LogP contribution in [0.25, 0.3) is 0 Å². The minimum atomic E-state index is -3.13. The van der Waals surface area contributed by atoms with E-state index in [0.717, 1.165) is 0 Å². The lowest BCUT2D eigenvalue weighted by molar-refractivity contribution is 0.405. The van der Waals surface area contributed by atoms with E-state index in [1.165, 1.54) is 19.3 Å². The standard InChI is InChI=1S/C3H6.C2H4.2H3N.H3O3P/c1-2-3-1;1-2;;;1-4(2)3/h1-3H2;1-2H2;2*1H3;4H,(H2,1,2,3). The second-order valence-corrected chi connectivity index (χ2v) is 1.91. The lowest BCUT2D eigenvalue weighted by Gasteiger charge is -1.61. The second-order valence-electron chi connectivity index (χ2n) is 1.34. The van der Waals surface area contributed by atoms with Gasteiger partial charge in [-0.05, 0) is 0 Å². The highest BCUT2D eigenvalue weighted by Gasteiger charge is 1.95. The summed E-state index contributed by atoms with van der Waals surface area (Å²) >= 11 is 0. The van der Waals surface area contributed by atoms with Crippen LogP contribution in [0, 0.1) is 0 Å². The topological polar surface area (TPSA) is 128 Å². The fourth-order valence-electron chi connectivity index (χ4n) is 0. The molecule has 0 aromatic carbocycles. The zero-order valence-electron chi connectivity index (χ0n) is 6.75. The van der Waals surface area contributed by atoms with E-state index in [1.54, 1.807) is 0 Å². The van der Waals surface area contributed by atoms with Gasteiger partial charge in [0.2, 0.25) is 0 Å². The van der Waals surface area contributed by atoms with E-state index in [9.17, 15) is 0 Å². The molecular weight excluding hydrogens is 167 g/mol. The smallest absolute Gasteiger partial charge is 0.314 e. The Bertz CT molecular complexity index is 73.4. The normalized spacial score (nSPS) is 10.1. The van der Waals surface area contributed by atoms with Gasteiger partial charge in [0.15, 0.2) is 0 Å². The number of rotatable bonds is 0. The molecule has 0 amide bonds. The Hall–Kier alpha value is -0.190. The van der Waals surface area contributed by atoms with Crippen LogP contribution in [0.15, 0.2) is 13.2 Å². The van der Waals surface area contributed by atoms with Gasteiger partial charge in [-0.1, -0.05) is 19.3 Å². The zero-order chi connectivity index (χ0) is 7.70. The van der Waals surface area contributed by atoms with E-state index in [0.29, 0.717) is 0 Å². The average Bonchev–Trinajstić information content (AvgIpc) is 2.50. The zero-order valence-corrected chi connectivity index (χ0v) is 7.75. The van der Waals surface area contributed by atoms with Gasteiger partial charge in [-0.15, -0.1) is 13.2 Å². The molecule has 0 unspecified atom stereocenters. The molecule has 1 fully saturated rings. The van der Waals surface area contributed by atoms with Crippen molar-refractivity contribution < 1.29 is 14.4 Å². The molecule has 1 aliphatic carbocycles. The lowest BCUT2D eigenvalue weighted by Crippen LogP contribution is -1.38. The molecule has 0 spiro atoms. The molecule has 0 aromatic heterocycles. The largest absolute Gasteiger partial charge is 0.344 e. The molecule has 0 heterocycles. The van der Waals surface area contributed by atoms with Crippen molar-refractivity contribution in [3.63, 3.8) is 0 Å². The summed E-state index contributed by atoms with van der Waals surface area (Å²) < 4.78 is 8.74. The first-order chi connectivity index (χ1) is 4.23. The van der Waals surface area contributed by atoms with Gasteiger partial charge in [-0.2, -0.15) is 0 Å². The summed E-state index contributed by atoms with van der Waals surface area (Å²) in [7, 11) is -3.13. The minimum absolute atomic E-state index is 0. The van der Waals surface area contributed by atoms with Gasteiger partial charge in [0.05, 0.1) is 0 Å². The van der Waals surface area contributed by atoms with Crippen LogP contribution in [0.1, 0.15) is 19.3 Å². The first-order valence-corrected chi connectivity index (χ1v) is 3.95. The van der Waals surface area contributed by atoms with Gasteiger partial charge in [0.1, 0.15) is 0 Å². The second kappa shape index (κ2) is 22.6. The third-order valence-electron chi connectivity index (χ3n) is 0.354. The van der Waals surface area contributed by atoms with Crippen LogP contribution >= 0.6 is 8.25 Å². The maximum absolute atomic E-state index is 8.74. The highest BCUT2D eigenvalue weighted by atomic mass is 31.1. The maximum Gasteiger partial charge on any atom is 0.314 e. The van der Waals surface area contributed by atoms with Crippen LogP contribution in [0.2, 0.25) is 0 Å². The molecule has 11 heavy (non-hydrogen) atoms. The van der Waals surface area contributed by atoms with Gasteiger partial charge in [0, 0.05) is 0 Å². The molecule has 0 bridgehead atoms. The van der Waals surface area contributed by atoms with Gasteiger partial charge < -0.3 is 22.1 Å². The molecule has 72 valence electrons. The fraction of sp³-hybridized carbons (Fsp3) is 0.600. The van der Waals surface area contributed by atoms with Crippen LogP contribution in [-0.2, 0) is 4.57 Å². The average molecular weight is 186 g/mol. The Labute approximate surface area is 68.3 Å². The van der Waals surface area contributed by atoms with Gasteiger partial charge in [-0.25, -0.2) is 0 Å². The lowest BCUT2D eigenvalue weighted by atomic mass is 11.0. The van der Waals surface area contributed by atoms with Crippen LogP contribution in [-0.4, -0.2) is 9.79 Å². The van der Waals surface area contributed by atoms with Gasteiger partial charge in [-0.3, -0.25) is 4.57 Å².